The van der Waals surface area contributed by atoms with Crippen LogP contribution < -0.4 is 9.64 Å². The van der Waals surface area contributed by atoms with Crippen LogP contribution in [0.4, 0.5) is 18.9 Å². The maximum absolute atomic E-state index is 12.3. The molecule has 0 saturated carbocycles. The number of benzene rings is 1. The summed E-state index contributed by atoms with van der Waals surface area (Å²) in [7, 11) is -5.59. The van der Waals surface area contributed by atoms with Crippen LogP contribution in [0, 0.1) is 0 Å². The fourth-order valence-electron chi connectivity index (χ4n) is 2.07. The van der Waals surface area contributed by atoms with Crippen LogP contribution in [0.15, 0.2) is 36.1 Å². The van der Waals surface area contributed by atoms with Gasteiger partial charge >= 0.3 is 15.6 Å². The molecule has 0 N–H and O–H groups in total. The number of hydrogen-bond acceptors (Lipinski definition) is 5. The summed E-state index contributed by atoms with van der Waals surface area (Å²) in [6.45, 7) is 3.05. The summed E-state index contributed by atoms with van der Waals surface area (Å²) in [6.07, 6.45) is 1.41. The van der Waals surface area contributed by atoms with E-state index in [1.807, 2.05) is 24.0 Å². The van der Waals surface area contributed by atoms with Gasteiger partial charge in [-0.2, -0.15) is 21.6 Å². The van der Waals surface area contributed by atoms with Crippen molar-refractivity contribution in [1.29, 1.82) is 0 Å². The van der Waals surface area contributed by atoms with Crippen molar-refractivity contribution in [3.05, 3.63) is 36.1 Å². The first-order valence-corrected chi connectivity index (χ1v) is 8.31. The smallest absolute Gasteiger partial charge is 0.494 e. The van der Waals surface area contributed by atoms with E-state index in [1.54, 1.807) is 12.1 Å². The van der Waals surface area contributed by atoms with Crippen molar-refractivity contribution in [1.82, 2.24) is 0 Å². The summed E-state index contributed by atoms with van der Waals surface area (Å²) in [4.78, 5) is 1.89. The van der Waals surface area contributed by atoms with Gasteiger partial charge in [0.15, 0.2) is 0 Å². The number of rotatable bonds is 5. The molecule has 0 unspecified atom stereocenters. The molecular weight excluding hydrogens is 335 g/mol. The molecule has 0 amide bonds. The van der Waals surface area contributed by atoms with Gasteiger partial charge in [-0.3, -0.25) is 0 Å². The summed E-state index contributed by atoms with van der Waals surface area (Å²) in [5, 5.41) is 0. The van der Waals surface area contributed by atoms with Crippen LogP contribution >= 0.6 is 0 Å². The first-order chi connectivity index (χ1) is 10.7. The van der Waals surface area contributed by atoms with E-state index in [-0.39, 0.29) is 18.7 Å². The molecule has 23 heavy (non-hydrogen) atoms. The van der Waals surface area contributed by atoms with Crippen molar-refractivity contribution in [2.24, 2.45) is 0 Å². The zero-order chi connectivity index (χ0) is 17.1. The Bertz CT molecular complexity index is 668. The number of nitrogens with zero attached hydrogens (tertiary/aromatic N) is 1. The van der Waals surface area contributed by atoms with Gasteiger partial charge < -0.3 is 13.8 Å². The van der Waals surface area contributed by atoms with E-state index in [4.69, 9.17) is 4.74 Å². The van der Waals surface area contributed by atoms with Crippen molar-refractivity contribution in [3.63, 3.8) is 0 Å². The molecule has 0 aromatic heterocycles. The van der Waals surface area contributed by atoms with E-state index in [1.165, 1.54) is 6.08 Å². The molecule has 0 bridgehead atoms. The molecular formula is C14H16F3NO4S. The van der Waals surface area contributed by atoms with Gasteiger partial charge in [-0.05, 0) is 37.3 Å². The molecule has 0 aliphatic carbocycles. The van der Waals surface area contributed by atoms with Crippen molar-refractivity contribution >= 4 is 15.8 Å². The Balaban J connectivity index is 2.01. The average molecular weight is 351 g/mol. The minimum Gasteiger partial charge on any atom is -0.494 e. The van der Waals surface area contributed by atoms with E-state index in [2.05, 4.69) is 4.18 Å². The van der Waals surface area contributed by atoms with Crippen molar-refractivity contribution < 1.29 is 30.5 Å². The molecule has 128 valence electrons. The molecule has 5 nitrogen and oxygen atoms in total. The molecule has 0 radical (unpaired) electrons. The van der Waals surface area contributed by atoms with E-state index < -0.39 is 15.6 Å². The molecule has 1 aliphatic rings. The van der Waals surface area contributed by atoms with Crippen LogP contribution in [0.5, 0.6) is 5.75 Å². The van der Waals surface area contributed by atoms with Gasteiger partial charge in [0.25, 0.3) is 0 Å². The van der Waals surface area contributed by atoms with Gasteiger partial charge in [0.2, 0.25) is 0 Å². The van der Waals surface area contributed by atoms with Gasteiger partial charge in [0.05, 0.1) is 6.61 Å². The zero-order valence-corrected chi connectivity index (χ0v) is 13.2. The highest BCUT2D eigenvalue weighted by atomic mass is 32.2. The van der Waals surface area contributed by atoms with E-state index in [0.717, 1.165) is 11.4 Å². The number of anilines is 1. The normalized spacial score (nSPS) is 16.0. The minimum absolute atomic E-state index is 0.0719. The van der Waals surface area contributed by atoms with E-state index in [0.29, 0.717) is 13.2 Å². The molecule has 1 aromatic carbocycles. The van der Waals surface area contributed by atoms with E-state index >= 15 is 0 Å². The Morgan fingerprint density at radius 1 is 1.22 bits per heavy atom. The van der Waals surface area contributed by atoms with Crippen LogP contribution in [0.25, 0.3) is 0 Å². The topological polar surface area (TPSA) is 55.8 Å². The lowest BCUT2D eigenvalue weighted by Crippen LogP contribution is -2.31. The van der Waals surface area contributed by atoms with Gasteiger partial charge in [-0.1, -0.05) is 0 Å². The number of alkyl halides is 3. The molecule has 2 rings (SSSR count). The third-order valence-electron chi connectivity index (χ3n) is 3.18. The molecule has 1 aromatic rings. The molecule has 9 heteroatoms. The quantitative estimate of drug-likeness (QED) is 0.603. The Morgan fingerprint density at radius 2 is 1.87 bits per heavy atom. The van der Waals surface area contributed by atoms with Crippen LogP contribution in [0.2, 0.25) is 0 Å². The first kappa shape index (κ1) is 17.5. The Morgan fingerprint density at radius 3 is 2.35 bits per heavy atom. The molecule has 0 atom stereocenters. The van der Waals surface area contributed by atoms with Gasteiger partial charge in [0, 0.05) is 25.2 Å². The van der Waals surface area contributed by atoms with Gasteiger partial charge in [0.1, 0.15) is 11.5 Å². The van der Waals surface area contributed by atoms with E-state index in [9.17, 15) is 21.6 Å². The predicted octanol–water partition coefficient (Wildman–Crippen LogP) is 3.05. The fourth-order valence-corrected chi connectivity index (χ4v) is 2.60. The number of halogens is 3. The Labute approximate surface area is 132 Å². The lowest BCUT2D eigenvalue weighted by Gasteiger charge is -2.28. The SMILES string of the molecule is CCOc1ccc(N2CC=C(OS(=O)(=O)C(F)(F)F)CC2)cc1. The third kappa shape index (κ3) is 4.31. The molecule has 0 spiro atoms. The average Bonchev–Trinajstić information content (AvgIpc) is 2.48. The molecule has 1 aliphatic heterocycles. The summed E-state index contributed by atoms with van der Waals surface area (Å²) < 4.78 is 68.2. The number of ether oxygens (including phenoxy) is 1. The van der Waals surface area contributed by atoms with Crippen LogP contribution in [-0.2, 0) is 14.3 Å². The molecule has 0 fully saturated rings. The Kier molecular flexibility index (Phi) is 5.08. The van der Waals surface area contributed by atoms with Crippen molar-refractivity contribution in [2.75, 3.05) is 24.6 Å². The van der Waals surface area contributed by atoms with Crippen LogP contribution in [0.3, 0.4) is 0 Å². The molecule has 1 heterocycles. The summed E-state index contributed by atoms with van der Waals surface area (Å²) in [6, 6.07) is 7.25. The predicted molar refractivity (Wildman–Crippen MR) is 78.6 cm³/mol. The molecule has 0 saturated heterocycles. The maximum Gasteiger partial charge on any atom is 0.534 e. The monoisotopic (exact) mass is 351 g/mol. The second-order valence-corrected chi connectivity index (χ2v) is 6.31. The highest BCUT2D eigenvalue weighted by Crippen LogP contribution is 2.29. The standard InChI is InChI=1S/C14H16F3NO4S/c1-2-21-12-5-3-11(4-6-12)18-9-7-13(8-10-18)22-23(19,20)14(15,16)17/h3-7H,2,8-10H2,1H3. The summed E-state index contributed by atoms with van der Waals surface area (Å²) >= 11 is 0. The van der Waals surface area contributed by atoms with Crippen LogP contribution in [0.1, 0.15) is 13.3 Å². The first-order valence-electron chi connectivity index (χ1n) is 6.90. The Hall–Kier alpha value is -1.90. The zero-order valence-electron chi connectivity index (χ0n) is 12.3. The van der Waals surface area contributed by atoms with Gasteiger partial charge in [-0.25, -0.2) is 0 Å². The lowest BCUT2D eigenvalue weighted by molar-refractivity contribution is -0.0523. The number of hydrogen-bond donors (Lipinski definition) is 0. The van der Waals surface area contributed by atoms with Crippen molar-refractivity contribution in [2.45, 2.75) is 18.9 Å². The highest BCUT2D eigenvalue weighted by Gasteiger charge is 2.48. The second kappa shape index (κ2) is 6.69. The summed E-state index contributed by atoms with van der Waals surface area (Å²) in [5.41, 5.74) is -4.55. The minimum atomic E-state index is -5.59. The maximum atomic E-state index is 12.3. The lowest BCUT2D eigenvalue weighted by atomic mass is 10.2. The van der Waals surface area contributed by atoms with Crippen LogP contribution in [-0.4, -0.2) is 33.6 Å². The van der Waals surface area contributed by atoms with Gasteiger partial charge in [-0.15, -0.1) is 0 Å². The third-order valence-corrected chi connectivity index (χ3v) is 4.18. The summed E-state index contributed by atoms with van der Waals surface area (Å²) in [5.74, 6) is 0.536. The highest BCUT2D eigenvalue weighted by molar-refractivity contribution is 7.87. The second-order valence-electron chi connectivity index (χ2n) is 4.78. The fraction of sp³-hybridized carbons (Fsp3) is 0.429. The largest absolute Gasteiger partial charge is 0.534 e. The van der Waals surface area contributed by atoms with Crippen molar-refractivity contribution in [3.8, 4) is 5.75 Å².